The van der Waals surface area contributed by atoms with Gasteiger partial charge in [0.1, 0.15) is 12.2 Å². The number of hydrogen-bond donors (Lipinski definition) is 1. The summed E-state index contributed by atoms with van der Waals surface area (Å²) >= 11 is 0. The van der Waals surface area contributed by atoms with Gasteiger partial charge in [0.25, 0.3) is 15.9 Å². The molecule has 0 saturated carbocycles. The van der Waals surface area contributed by atoms with Gasteiger partial charge in [-0.2, -0.15) is 0 Å². The zero-order valence-corrected chi connectivity index (χ0v) is 14.4. The molecule has 1 atom stereocenters. The highest BCUT2D eigenvalue weighted by atomic mass is 32.2. The molecule has 1 unspecified atom stereocenters. The predicted octanol–water partition coefficient (Wildman–Crippen LogP) is 1.36. The second-order valence-electron chi connectivity index (χ2n) is 5.81. The summed E-state index contributed by atoms with van der Waals surface area (Å²) in [6.45, 7) is -0.0194. The number of aliphatic carboxylic acids is 1. The molecule has 0 fully saturated rings. The largest absolute Gasteiger partial charge is 0.481 e. The third-order valence-corrected chi connectivity index (χ3v) is 5.75. The van der Waals surface area contributed by atoms with Crippen molar-refractivity contribution in [2.75, 3.05) is 25.5 Å². The molecule has 1 aromatic heterocycles. The topological polar surface area (TPSA) is 108 Å². The van der Waals surface area contributed by atoms with E-state index >= 15 is 0 Å². The molecule has 3 rings (SSSR count). The summed E-state index contributed by atoms with van der Waals surface area (Å²) in [4.78, 5) is 25.5. The van der Waals surface area contributed by atoms with Crippen molar-refractivity contribution in [3.05, 3.63) is 47.7 Å². The number of benzene rings is 1. The van der Waals surface area contributed by atoms with E-state index in [1.807, 2.05) is 0 Å². The molecule has 1 amide bonds. The van der Waals surface area contributed by atoms with Gasteiger partial charge in [0.05, 0.1) is 5.56 Å². The number of carboxylic acids is 1. The van der Waals surface area contributed by atoms with Gasteiger partial charge in [0, 0.05) is 32.4 Å². The summed E-state index contributed by atoms with van der Waals surface area (Å²) in [6, 6.07) is 7.89. The SMILES string of the molecule is CN(C)S(=O)(=O)c1cc(C(=O)N2CC(C(=O)O)c3ccccc32)co1. The molecule has 25 heavy (non-hydrogen) atoms. The maximum Gasteiger partial charge on any atom is 0.312 e. The van der Waals surface area contributed by atoms with E-state index in [2.05, 4.69) is 0 Å². The molecule has 0 spiro atoms. The first-order valence-electron chi connectivity index (χ1n) is 7.38. The van der Waals surface area contributed by atoms with Crippen molar-refractivity contribution in [1.82, 2.24) is 4.31 Å². The van der Waals surface area contributed by atoms with Crippen LogP contribution in [0.4, 0.5) is 5.69 Å². The number of rotatable bonds is 4. The van der Waals surface area contributed by atoms with Crippen LogP contribution in [0.15, 0.2) is 46.1 Å². The van der Waals surface area contributed by atoms with E-state index in [4.69, 9.17) is 4.42 Å². The highest BCUT2D eigenvalue weighted by Gasteiger charge is 2.37. The Balaban J connectivity index is 1.95. The maximum absolute atomic E-state index is 12.8. The summed E-state index contributed by atoms with van der Waals surface area (Å²) in [5.74, 6) is -2.36. The molecule has 2 heterocycles. The van der Waals surface area contributed by atoms with Crippen molar-refractivity contribution < 1.29 is 27.5 Å². The minimum atomic E-state index is -3.80. The Hall–Kier alpha value is -2.65. The first-order valence-corrected chi connectivity index (χ1v) is 8.82. The van der Waals surface area contributed by atoms with Crippen LogP contribution in [0.5, 0.6) is 0 Å². The number of furan rings is 1. The third-order valence-electron chi connectivity index (χ3n) is 4.07. The minimum Gasteiger partial charge on any atom is -0.481 e. The Morgan fingerprint density at radius 3 is 2.60 bits per heavy atom. The lowest BCUT2D eigenvalue weighted by Crippen LogP contribution is -2.31. The lowest BCUT2D eigenvalue weighted by Gasteiger charge is -2.16. The predicted molar refractivity (Wildman–Crippen MR) is 88.1 cm³/mol. The monoisotopic (exact) mass is 364 g/mol. The molecule has 1 aliphatic rings. The summed E-state index contributed by atoms with van der Waals surface area (Å²) in [5, 5.41) is 9.02. The van der Waals surface area contributed by atoms with E-state index < -0.39 is 27.8 Å². The average molecular weight is 364 g/mol. The zero-order valence-electron chi connectivity index (χ0n) is 13.5. The van der Waals surface area contributed by atoms with Crippen LogP contribution in [0.25, 0.3) is 0 Å². The van der Waals surface area contributed by atoms with Crippen molar-refractivity contribution in [2.24, 2.45) is 0 Å². The lowest BCUT2D eigenvalue weighted by atomic mass is 10.0. The van der Waals surface area contributed by atoms with Gasteiger partial charge in [0.15, 0.2) is 0 Å². The molecule has 8 nitrogen and oxygen atoms in total. The fourth-order valence-corrected chi connectivity index (χ4v) is 3.52. The van der Waals surface area contributed by atoms with Crippen LogP contribution >= 0.6 is 0 Å². The minimum absolute atomic E-state index is 0.0194. The number of amides is 1. The Kier molecular flexibility index (Phi) is 4.13. The normalized spacial score (nSPS) is 16.9. The first-order chi connectivity index (χ1) is 11.7. The Bertz CT molecular complexity index is 947. The van der Waals surface area contributed by atoms with E-state index in [0.29, 0.717) is 11.3 Å². The molecule has 9 heteroatoms. The summed E-state index contributed by atoms with van der Waals surface area (Å²) in [6.07, 6.45) is 1.06. The van der Waals surface area contributed by atoms with Crippen molar-refractivity contribution in [1.29, 1.82) is 0 Å². The highest BCUT2D eigenvalue weighted by Crippen LogP contribution is 2.37. The molecule has 0 aliphatic carbocycles. The number of para-hydroxylation sites is 1. The Labute approximate surface area is 144 Å². The van der Waals surface area contributed by atoms with Gasteiger partial charge >= 0.3 is 5.97 Å². The van der Waals surface area contributed by atoms with Gasteiger partial charge in [-0.05, 0) is 11.6 Å². The number of anilines is 1. The molecule has 2 aromatic rings. The molecule has 1 aliphatic heterocycles. The van der Waals surface area contributed by atoms with E-state index in [0.717, 1.165) is 16.6 Å². The van der Waals surface area contributed by atoms with Crippen LogP contribution in [0.1, 0.15) is 21.8 Å². The van der Waals surface area contributed by atoms with Crippen LogP contribution in [0, 0.1) is 0 Å². The number of fused-ring (bicyclic) bond motifs is 1. The number of carbonyl (C=O) groups is 2. The summed E-state index contributed by atoms with van der Waals surface area (Å²) in [5.41, 5.74) is 1.09. The van der Waals surface area contributed by atoms with Gasteiger partial charge < -0.3 is 14.4 Å². The van der Waals surface area contributed by atoms with E-state index in [-0.39, 0.29) is 17.2 Å². The number of hydrogen-bond acceptors (Lipinski definition) is 5. The van der Waals surface area contributed by atoms with Crippen LogP contribution in [0.2, 0.25) is 0 Å². The number of carboxylic acid groups (broad SMARTS) is 1. The zero-order chi connectivity index (χ0) is 18.4. The van der Waals surface area contributed by atoms with Gasteiger partial charge in [-0.3, -0.25) is 9.59 Å². The molecule has 0 bridgehead atoms. The summed E-state index contributed by atoms with van der Waals surface area (Å²) < 4.78 is 30.1. The first kappa shape index (κ1) is 17.2. The fourth-order valence-electron chi connectivity index (χ4n) is 2.71. The van der Waals surface area contributed by atoms with E-state index in [9.17, 15) is 23.1 Å². The number of sulfonamides is 1. The van der Waals surface area contributed by atoms with E-state index in [1.165, 1.54) is 19.0 Å². The maximum atomic E-state index is 12.8. The van der Waals surface area contributed by atoms with Crippen molar-refractivity contribution in [2.45, 2.75) is 11.0 Å². The van der Waals surface area contributed by atoms with Crippen LogP contribution in [-0.2, 0) is 14.8 Å². The summed E-state index contributed by atoms with van der Waals surface area (Å²) in [7, 11) is -1.09. The number of carbonyl (C=O) groups excluding carboxylic acids is 1. The standard InChI is InChI=1S/C16H16N2O6S/c1-17(2)25(22,23)14-7-10(9-24-14)15(19)18-8-12(16(20)21)11-5-3-4-6-13(11)18/h3-7,9,12H,8H2,1-2H3,(H,20,21). The molecule has 1 N–H and O–H groups in total. The third kappa shape index (κ3) is 2.81. The molecule has 1 aromatic carbocycles. The van der Waals surface area contributed by atoms with Crippen LogP contribution < -0.4 is 4.90 Å². The van der Waals surface area contributed by atoms with Gasteiger partial charge in [-0.1, -0.05) is 18.2 Å². The molecular weight excluding hydrogens is 348 g/mol. The average Bonchev–Trinajstić information content (AvgIpc) is 3.19. The quantitative estimate of drug-likeness (QED) is 0.877. The molecule has 0 saturated heterocycles. The molecule has 132 valence electrons. The lowest BCUT2D eigenvalue weighted by molar-refractivity contribution is -0.138. The smallest absolute Gasteiger partial charge is 0.312 e. The molecule has 0 radical (unpaired) electrons. The second kappa shape index (κ2) is 6.01. The number of nitrogens with zero attached hydrogens (tertiary/aromatic N) is 2. The van der Waals surface area contributed by atoms with Crippen LogP contribution in [-0.4, -0.2) is 50.3 Å². The molecular formula is C16H16N2O6S. The van der Waals surface area contributed by atoms with Gasteiger partial charge in [-0.25, -0.2) is 12.7 Å². The second-order valence-corrected chi connectivity index (χ2v) is 7.89. The fraction of sp³-hybridized carbons (Fsp3) is 0.250. The van der Waals surface area contributed by atoms with Crippen molar-refractivity contribution in [3.63, 3.8) is 0 Å². The highest BCUT2D eigenvalue weighted by molar-refractivity contribution is 7.88. The van der Waals surface area contributed by atoms with Crippen molar-refractivity contribution >= 4 is 27.6 Å². The Morgan fingerprint density at radius 2 is 1.96 bits per heavy atom. The van der Waals surface area contributed by atoms with Crippen molar-refractivity contribution in [3.8, 4) is 0 Å². The van der Waals surface area contributed by atoms with E-state index in [1.54, 1.807) is 24.3 Å². The Morgan fingerprint density at radius 1 is 1.28 bits per heavy atom. The van der Waals surface area contributed by atoms with Gasteiger partial charge in [0.2, 0.25) is 5.09 Å². The van der Waals surface area contributed by atoms with Gasteiger partial charge in [-0.15, -0.1) is 0 Å². The van der Waals surface area contributed by atoms with Crippen LogP contribution in [0.3, 0.4) is 0 Å².